The second-order valence-electron chi connectivity index (χ2n) is 4.35. The van der Waals surface area contributed by atoms with Gasteiger partial charge in [0.05, 0.1) is 6.10 Å². The Balaban J connectivity index is 2.98. The third kappa shape index (κ3) is 3.95. The first-order valence-electron chi connectivity index (χ1n) is 5.49. The molecular formula is C11H18N2O4S. The van der Waals surface area contributed by atoms with Gasteiger partial charge in [0.2, 0.25) is 10.0 Å². The predicted molar refractivity (Wildman–Crippen MR) is 67.6 cm³/mol. The lowest BCUT2D eigenvalue weighted by molar-refractivity contribution is 0.171. The van der Waals surface area contributed by atoms with Crippen LogP contribution in [0.25, 0.3) is 0 Å². The van der Waals surface area contributed by atoms with Gasteiger partial charge in [-0.3, -0.25) is 0 Å². The molecule has 0 bridgehead atoms. The van der Waals surface area contributed by atoms with E-state index < -0.39 is 21.9 Å². The first kappa shape index (κ1) is 14.9. The molecule has 7 heteroatoms. The van der Waals surface area contributed by atoms with Gasteiger partial charge in [0.1, 0.15) is 10.6 Å². The monoisotopic (exact) mass is 274 g/mol. The number of nitrogens with one attached hydrogen (secondary N) is 1. The molecule has 18 heavy (non-hydrogen) atoms. The van der Waals surface area contributed by atoms with E-state index in [4.69, 9.17) is 5.14 Å². The Bertz CT molecular complexity index is 514. The van der Waals surface area contributed by atoms with Crippen LogP contribution in [0.15, 0.2) is 23.1 Å². The Morgan fingerprint density at radius 1 is 1.39 bits per heavy atom. The van der Waals surface area contributed by atoms with Crippen molar-refractivity contribution in [3.05, 3.63) is 23.8 Å². The summed E-state index contributed by atoms with van der Waals surface area (Å²) in [6.45, 7) is 4.14. The zero-order valence-corrected chi connectivity index (χ0v) is 11.1. The molecule has 1 aromatic rings. The van der Waals surface area contributed by atoms with Gasteiger partial charge in [-0.1, -0.05) is 19.9 Å². The molecule has 0 radical (unpaired) electrons. The van der Waals surface area contributed by atoms with Gasteiger partial charge in [-0.25, -0.2) is 13.6 Å². The van der Waals surface area contributed by atoms with E-state index in [1.807, 2.05) is 13.8 Å². The molecule has 0 heterocycles. The lowest BCUT2D eigenvalue weighted by Crippen LogP contribution is -2.28. The van der Waals surface area contributed by atoms with E-state index in [1.165, 1.54) is 18.2 Å². The third-order valence-electron chi connectivity index (χ3n) is 2.39. The molecule has 0 aliphatic heterocycles. The number of hydrogen-bond acceptors (Lipinski definition) is 5. The summed E-state index contributed by atoms with van der Waals surface area (Å²) in [5.41, 5.74) is 0.380. The molecule has 0 spiro atoms. The number of aromatic hydroxyl groups is 1. The van der Waals surface area contributed by atoms with Gasteiger partial charge in [-0.15, -0.1) is 0 Å². The van der Waals surface area contributed by atoms with Crippen LogP contribution < -0.4 is 10.5 Å². The van der Waals surface area contributed by atoms with Crippen LogP contribution in [-0.4, -0.2) is 31.2 Å². The SMILES string of the molecule is CC(C)NCC(O)c1ccc(O)c(S(N)(=O)=O)c1. The standard InChI is InChI=1S/C11H18N2O4S/c1-7(2)13-6-10(15)8-3-4-9(14)11(5-8)18(12,16)17/h3-5,7,10,13-15H,6H2,1-2H3,(H2,12,16,17). The zero-order chi connectivity index (χ0) is 13.9. The number of primary sulfonamides is 1. The highest BCUT2D eigenvalue weighted by molar-refractivity contribution is 7.89. The zero-order valence-electron chi connectivity index (χ0n) is 10.3. The molecule has 0 amide bonds. The Hall–Kier alpha value is -1.15. The molecule has 1 unspecified atom stereocenters. The van der Waals surface area contributed by atoms with Crippen molar-refractivity contribution in [2.75, 3.05) is 6.54 Å². The van der Waals surface area contributed by atoms with Crippen LogP contribution >= 0.6 is 0 Å². The fraction of sp³-hybridized carbons (Fsp3) is 0.455. The summed E-state index contributed by atoms with van der Waals surface area (Å²) in [6.07, 6.45) is -0.867. The molecular weight excluding hydrogens is 256 g/mol. The van der Waals surface area contributed by atoms with Gasteiger partial charge in [-0.05, 0) is 17.7 Å². The van der Waals surface area contributed by atoms with Gasteiger partial charge in [0.25, 0.3) is 0 Å². The van der Waals surface area contributed by atoms with Gasteiger partial charge < -0.3 is 15.5 Å². The maximum absolute atomic E-state index is 11.2. The predicted octanol–water partition coefficient (Wildman–Crippen LogP) is 0.0710. The topological polar surface area (TPSA) is 113 Å². The van der Waals surface area contributed by atoms with E-state index in [0.29, 0.717) is 5.56 Å². The van der Waals surface area contributed by atoms with Crippen LogP contribution in [0, 0.1) is 0 Å². The maximum atomic E-state index is 11.2. The molecule has 0 fully saturated rings. The minimum atomic E-state index is -4.00. The van der Waals surface area contributed by atoms with Crippen LogP contribution in [-0.2, 0) is 10.0 Å². The Labute approximate surface area is 106 Å². The van der Waals surface area contributed by atoms with Crippen molar-refractivity contribution in [3.8, 4) is 5.75 Å². The van der Waals surface area contributed by atoms with E-state index in [9.17, 15) is 18.6 Å². The molecule has 1 atom stereocenters. The Morgan fingerprint density at radius 2 is 2.00 bits per heavy atom. The molecule has 5 N–H and O–H groups in total. The minimum absolute atomic E-state index is 0.203. The Morgan fingerprint density at radius 3 is 2.50 bits per heavy atom. The molecule has 0 aliphatic carbocycles. The highest BCUT2D eigenvalue weighted by Crippen LogP contribution is 2.25. The largest absolute Gasteiger partial charge is 0.507 e. The minimum Gasteiger partial charge on any atom is -0.507 e. The smallest absolute Gasteiger partial charge is 0.241 e. The van der Waals surface area contributed by atoms with E-state index in [2.05, 4.69) is 5.32 Å². The number of aliphatic hydroxyl groups is 1. The van der Waals surface area contributed by atoms with E-state index in [1.54, 1.807) is 0 Å². The number of rotatable bonds is 5. The second kappa shape index (κ2) is 5.66. The fourth-order valence-corrected chi connectivity index (χ4v) is 2.09. The average molecular weight is 274 g/mol. The summed E-state index contributed by atoms with van der Waals surface area (Å²) >= 11 is 0. The molecule has 102 valence electrons. The number of hydrogen-bond donors (Lipinski definition) is 4. The van der Waals surface area contributed by atoms with Crippen LogP contribution in [0.1, 0.15) is 25.5 Å². The molecule has 0 saturated heterocycles. The summed E-state index contributed by atoms with van der Waals surface area (Å²) in [5, 5.41) is 27.3. The third-order valence-corrected chi connectivity index (χ3v) is 3.33. The van der Waals surface area contributed by atoms with Crippen molar-refractivity contribution < 1.29 is 18.6 Å². The van der Waals surface area contributed by atoms with Crippen LogP contribution in [0.4, 0.5) is 0 Å². The van der Waals surface area contributed by atoms with Gasteiger partial charge in [-0.2, -0.15) is 0 Å². The summed E-state index contributed by atoms with van der Waals surface area (Å²) in [5.74, 6) is -0.426. The summed E-state index contributed by atoms with van der Waals surface area (Å²) in [7, 11) is -4.00. The van der Waals surface area contributed by atoms with Crippen molar-refractivity contribution in [2.45, 2.75) is 30.9 Å². The lowest BCUT2D eigenvalue weighted by atomic mass is 10.1. The normalized spacial score (nSPS) is 13.8. The first-order chi connectivity index (χ1) is 8.21. The second-order valence-corrected chi connectivity index (χ2v) is 5.88. The van der Waals surface area contributed by atoms with Crippen LogP contribution in [0.5, 0.6) is 5.75 Å². The molecule has 0 aliphatic rings. The van der Waals surface area contributed by atoms with Crippen molar-refractivity contribution in [1.29, 1.82) is 0 Å². The fourth-order valence-electron chi connectivity index (χ4n) is 1.43. The molecule has 6 nitrogen and oxygen atoms in total. The maximum Gasteiger partial charge on any atom is 0.241 e. The molecule has 1 aromatic carbocycles. The van der Waals surface area contributed by atoms with E-state index in [0.717, 1.165) is 0 Å². The molecule has 0 saturated carbocycles. The Kier molecular flexibility index (Phi) is 4.69. The lowest BCUT2D eigenvalue weighted by Gasteiger charge is -2.15. The quantitative estimate of drug-likeness (QED) is 0.607. The highest BCUT2D eigenvalue weighted by atomic mass is 32.2. The van der Waals surface area contributed by atoms with Crippen molar-refractivity contribution in [2.24, 2.45) is 5.14 Å². The number of phenolic OH excluding ortho intramolecular Hbond substituents is 1. The van der Waals surface area contributed by atoms with Crippen LogP contribution in [0.3, 0.4) is 0 Å². The van der Waals surface area contributed by atoms with Gasteiger partial charge in [0.15, 0.2) is 0 Å². The highest BCUT2D eigenvalue weighted by Gasteiger charge is 2.17. The molecule has 0 aromatic heterocycles. The number of sulfonamides is 1. The summed E-state index contributed by atoms with van der Waals surface area (Å²) in [6, 6.07) is 4.04. The van der Waals surface area contributed by atoms with E-state index >= 15 is 0 Å². The van der Waals surface area contributed by atoms with Crippen molar-refractivity contribution >= 4 is 10.0 Å². The van der Waals surface area contributed by atoms with Gasteiger partial charge >= 0.3 is 0 Å². The van der Waals surface area contributed by atoms with E-state index in [-0.39, 0.29) is 17.5 Å². The number of phenols is 1. The van der Waals surface area contributed by atoms with Crippen LogP contribution in [0.2, 0.25) is 0 Å². The van der Waals surface area contributed by atoms with Gasteiger partial charge in [0, 0.05) is 12.6 Å². The average Bonchev–Trinajstić information content (AvgIpc) is 2.24. The number of aliphatic hydroxyl groups excluding tert-OH is 1. The number of nitrogens with two attached hydrogens (primary N) is 1. The number of benzene rings is 1. The first-order valence-corrected chi connectivity index (χ1v) is 7.03. The summed E-state index contributed by atoms with van der Waals surface area (Å²) in [4.78, 5) is -0.386. The summed E-state index contributed by atoms with van der Waals surface area (Å²) < 4.78 is 22.4. The van der Waals surface area contributed by atoms with Crippen molar-refractivity contribution in [1.82, 2.24) is 5.32 Å². The van der Waals surface area contributed by atoms with Crippen molar-refractivity contribution in [3.63, 3.8) is 0 Å². The molecule has 1 rings (SSSR count).